The minimum absolute atomic E-state index is 0.0149. The molecule has 2 amide bonds. The third-order valence-corrected chi connectivity index (χ3v) is 7.94. The summed E-state index contributed by atoms with van der Waals surface area (Å²) in [5, 5.41) is 19.2. The maximum Gasteiger partial charge on any atom is 0.328 e. The molecule has 36 heavy (non-hydrogen) atoms. The van der Waals surface area contributed by atoms with Crippen LogP contribution in [-0.2, 0) is 28.8 Å². The Morgan fingerprint density at radius 1 is 1.00 bits per heavy atom. The lowest BCUT2D eigenvalue weighted by Crippen LogP contribution is -2.44. The number of amides is 2. The summed E-state index contributed by atoms with van der Waals surface area (Å²) in [6.45, 7) is 4.25. The first kappa shape index (κ1) is 30.5. The molecule has 1 saturated carbocycles. The van der Waals surface area contributed by atoms with Gasteiger partial charge in [-0.3, -0.25) is 29.6 Å². The zero-order valence-electron chi connectivity index (χ0n) is 21.4. The number of likely N-dealkylation sites (tertiary alicyclic amines) is 1. The molecular weight excluding hydrogens is 490 g/mol. The van der Waals surface area contributed by atoms with Gasteiger partial charge in [0, 0.05) is 24.1 Å². The topological polar surface area (TPSA) is 146 Å². The van der Waals surface area contributed by atoms with Crippen molar-refractivity contribution in [2.75, 3.05) is 25.5 Å². The second-order valence-electron chi connectivity index (χ2n) is 9.60. The highest BCUT2D eigenvalue weighted by atomic mass is 32.2. The fourth-order valence-electron chi connectivity index (χ4n) is 4.51. The second kappa shape index (κ2) is 16.2. The lowest BCUT2D eigenvalue weighted by Gasteiger charge is -2.26. The van der Waals surface area contributed by atoms with Crippen LogP contribution >= 0.6 is 11.8 Å². The Morgan fingerprint density at radius 3 is 2.39 bits per heavy atom. The summed E-state index contributed by atoms with van der Waals surface area (Å²) < 4.78 is 5.35. The summed E-state index contributed by atoms with van der Waals surface area (Å²) in [6.07, 6.45) is 8.09. The number of nitrogens with one attached hydrogen (secondary N) is 1. The highest BCUT2D eigenvalue weighted by Gasteiger charge is 2.37. The number of rotatable bonds is 14. The monoisotopic (exact) mass is 531 g/mol. The summed E-state index contributed by atoms with van der Waals surface area (Å²) in [7, 11) is 0. The molecule has 0 aromatic heterocycles. The average Bonchev–Trinajstić information content (AvgIpc) is 3.36. The number of thioether (sulfide) groups is 1. The van der Waals surface area contributed by atoms with Gasteiger partial charge < -0.3 is 15.0 Å². The number of carbonyl (C=O) groups excluding carboxylic acids is 4. The highest BCUT2D eigenvalue weighted by Crippen LogP contribution is 2.25. The van der Waals surface area contributed by atoms with Crippen molar-refractivity contribution in [1.29, 1.82) is 0 Å². The van der Waals surface area contributed by atoms with Gasteiger partial charge in [-0.2, -0.15) is 0 Å². The van der Waals surface area contributed by atoms with Crippen LogP contribution in [0.2, 0.25) is 0 Å². The molecule has 2 aliphatic rings. The van der Waals surface area contributed by atoms with Crippen LogP contribution in [0.4, 0.5) is 0 Å². The van der Waals surface area contributed by atoms with Gasteiger partial charge in [-0.05, 0) is 51.9 Å². The van der Waals surface area contributed by atoms with Crippen LogP contribution < -0.4 is 5.32 Å². The number of ether oxygens (including phenoxy) is 1. The Morgan fingerprint density at radius 2 is 1.69 bits per heavy atom. The van der Waals surface area contributed by atoms with Gasteiger partial charge in [-0.15, -0.1) is 0 Å². The average molecular weight is 532 g/mol. The van der Waals surface area contributed by atoms with Gasteiger partial charge in [0.25, 0.3) is 0 Å². The zero-order valence-corrected chi connectivity index (χ0v) is 22.2. The van der Waals surface area contributed by atoms with Gasteiger partial charge in [-0.1, -0.05) is 37.9 Å². The summed E-state index contributed by atoms with van der Waals surface area (Å²) in [5.41, 5.74) is 0. The van der Waals surface area contributed by atoms with Gasteiger partial charge in [0.1, 0.15) is 6.04 Å². The van der Waals surface area contributed by atoms with Crippen molar-refractivity contribution in [3.63, 3.8) is 0 Å². The number of unbranched alkanes of at least 4 members (excludes halogenated alkanes) is 2. The van der Waals surface area contributed by atoms with Gasteiger partial charge in [-0.25, -0.2) is 4.79 Å². The van der Waals surface area contributed by atoms with Crippen LogP contribution in [0.1, 0.15) is 78.1 Å². The predicted molar refractivity (Wildman–Crippen MR) is 132 cm³/mol. The molecule has 1 saturated heterocycles. The first-order chi connectivity index (χ1) is 17.2. The lowest BCUT2D eigenvalue weighted by molar-refractivity contribution is -0.492. The van der Waals surface area contributed by atoms with E-state index < -0.39 is 24.0 Å². The fraction of sp³-hybridized carbons (Fsp3) is 0.833. The van der Waals surface area contributed by atoms with E-state index in [-0.39, 0.29) is 47.2 Å². The van der Waals surface area contributed by atoms with E-state index in [4.69, 9.17) is 15.2 Å². The Bertz CT molecular complexity index is 732. The van der Waals surface area contributed by atoms with Crippen LogP contribution in [0.15, 0.2) is 0 Å². The van der Waals surface area contributed by atoms with Gasteiger partial charge >= 0.3 is 5.97 Å². The van der Waals surface area contributed by atoms with E-state index >= 15 is 0 Å². The Hall–Kier alpha value is -1.73. The van der Waals surface area contributed by atoms with Crippen molar-refractivity contribution >= 4 is 34.7 Å². The normalized spacial score (nSPS) is 20.2. The van der Waals surface area contributed by atoms with Crippen LogP contribution in [0, 0.1) is 11.8 Å². The molecule has 3 atom stereocenters. The van der Waals surface area contributed by atoms with E-state index in [0.29, 0.717) is 38.6 Å². The van der Waals surface area contributed by atoms with Crippen molar-refractivity contribution < 1.29 is 39.2 Å². The van der Waals surface area contributed by atoms with E-state index in [2.05, 4.69) is 10.2 Å². The second-order valence-corrected chi connectivity index (χ2v) is 10.6. The third kappa shape index (κ3) is 10.3. The lowest BCUT2D eigenvalue weighted by atomic mass is 9.88. The molecule has 0 aromatic rings. The molecule has 0 radical (unpaired) electrons. The van der Waals surface area contributed by atoms with Gasteiger partial charge in [0.15, 0.2) is 0 Å². The molecule has 2 rings (SSSR count). The van der Waals surface area contributed by atoms with Crippen LogP contribution in [0.3, 0.4) is 0 Å². The standard InChI is InChI=1S/C24H41N3O8S/c1-17(16-36-24(31)18(2)25-21(28)19-10-5-3-6-11-19)22(29)26-13-9-12-20(26)23(30)34-14-7-4-8-15-35-27(32)33/h17-20,32-33H,3-16H2,1-2H3,(H,25,28). The van der Waals surface area contributed by atoms with Crippen molar-refractivity contribution in [3.8, 4) is 0 Å². The van der Waals surface area contributed by atoms with Gasteiger partial charge in [0.05, 0.1) is 24.6 Å². The Balaban J connectivity index is 1.69. The predicted octanol–water partition coefficient (Wildman–Crippen LogP) is 2.68. The smallest absolute Gasteiger partial charge is 0.328 e. The molecule has 0 spiro atoms. The molecule has 3 N–H and O–H groups in total. The Kier molecular flexibility index (Phi) is 13.7. The van der Waals surface area contributed by atoms with E-state index in [0.717, 1.165) is 43.9 Å². The summed E-state index contributed by atoms with van der Waals surface area (Å²) in [5.74, 6) is -0.854. The van der Waals surface area contributed by atoms with Crippen LogP contribution in [0.5, 0.6) is 0 Å². The molecule has 2 fully saturated rings. The van der Waals surface area contributed by atoms with Crippen molar-refractivity contribution in [2.24, 2.45) is 11.8 Å². The summed E-state index contributed by atoms with van der Waals surface area (Å²) in [6, 6.07) is -1.23. The quantitative estimate of drug-likeness (QED) is 0.174. The molecule has 0 bridgehead atoms. The molecule has 0 aromatic carbocycles. The third-order valence-electron chi connectivity index (χ3n) is 6.63. The first-order valence-electron chi connectivity index (χ1n) is 13.0. The van der Waals surface area contributed by atoms with E-state index in [1.54, 1.807) is 18.7 Å². The van der Waals surface area contributed by atoms with Crippen LogP contribution in [0.25, 0.3) is 0 Å². The minimum Gasteiger partial charge on any atom is -0.464 e. The van der Waals surface area contributed by atoms with E-state index in [1.165, 1.54) is 0 Å². The number of carbonyl (C=O) groups is 4. The molecule has 206 valence electrons. The van der Waals surface area contributed by atoms with E-state index in [1.807, 2.05) is 0 Å². The van der Waals surface area contributed by atoms with Crippen molar-refractivity contribution in [2.45, 2.75) is 90.1 Å². The first-order valence-corrected chi connectivity index (χ1v) is 13.9. The molecule has 12 heteroatoms. The van der Waals surface area contributed by atoms with Crippen LogP contribution in [-0.4, -0.2) is 81.2 Å². The summed E-state index contributed by atoms with van der Waals surface area (Å²) >= 11 is 1.04. The maximum absolute atomic E-state index is 13.0. The SMILES string of the molecule is CC(CSC(=O)C(C)NC(=O)C1CCCCC1)C(=O)N1CCCC1C(=O)OCCCCCON(O)O. The summed E-state index contributed by atoms with van der Waals surface area (Å²) in [4.78, 5) is 56.5. The highest BCUT2D eigenvalue weighted by molar-refractivity contribution is 8.13. The maximum atomic E-state index is 13.0. The number of hydrogen-bond donors (Lipinski definition) is 3. The van der Waals surface area contributed by atoms with Crippen molar-refractivity contribution in [3.05, 3.63) is 0 Å². The van der Waals surface area contributed by atoms with Crippen molar-refractivity contribution in [1.82, 2.24) is 15.6 Å². The molecule has 1 aliphatic carbocycles. The van der Waals surface area contributed by atoms with E-state index in [9.17, 15) is 19.2 Å². The number of nitrogens with zero attached hydrogens (tertiary/aromatic N) is 2. The zero-order chi connectivity index (χ0) is 26.5. The molecule has 3 unspecified atom stereocenters. The molecular formula is C24H41N3O8S. The minimum atomic E-state index is -0.616. The molecule has 1 heterocycles. The molecule has 11 nitrogen and oxygen atoms in total. The fourth-order valence-corrected chi connectivity index (χ4v) is 5.38. The Labute approximate surface area is 217 Å². The largest absolute Gasteiger partial charge is 0.464 e. The molecule has 1 aliphatic heterocycles. The van der Waals surface area contributed by atoms with Gasteiger partial charge in [0.2, 0.25) is 16.9 Å². The number of esters is 1. The number of hydrogen-bond acceptors (Lipinski definition) is 10.